The zero-order valence-electron chi connectivity index (χ0n) is 16.6. The number of phenols is 1. The second kappa shape index (κ2) is 8.70. The van der Waals surface area contributed by atoms with E-state index in [-0.39, 0.29) is 36.4 Å². The molecule has 1 aromatic rings. The number of aliphatic hydroxyl groups is 1. The lowest BCUT2D eigenvalue weighted by Gasteiger charge is -2.34. The van der Waals surface area contributed by atoms with Gasteiger partial charge in [0.2, 0.25) is 0 Å². The Hall–Kier alpha value is -1.55. The number of carbonyl (C=O) groups is 1. The minimum absolute atomic E-state index is 0.0402. The van der Waals surface area contributed by atoms with Gasteiger partial charge in [0, 0.05) is 12.0 Å². The van der Waals surface area contributed by atoms with Crippen molar-refractivity contribution in [2.45, 2.75) is 72.6 Å². The van der Waals surface area contributed by atoms with Gasteiger partial charge in [0.25, 0.3) is 0 Å². The van der Waals surface area contributed by atoms with Gasteiger partial charge in [0.15, 0.2) is 0 Å². The summed E-state index contributed by atoms with van der Waals surface area (Å²) in [5.41, 5.74) is 2.87. The van der Waals surface area contributed by atoms with Crippen LogP contribution in [0.15, 0.2) is 12.1 Å². The predicted octanol–water partition coefficient (Wildman–Crippen LogP) is 4.14. The fraction of sp³-hybridized carbons (Fsp3) is 0.667. The van der Waals surface area contributed by atoms with Gasteiger partial charge in [-0.25, -0.2) is 0 Å². The minimum atomic E-state index is -0.310. The van der Waals surface area contributed by atoms with Crippen molar-refractivity contribution in [3.63, 3.8) is 0 Å². The van der Waals surface area contributed by atoms with Crippen LogP contribution < -0.4 is 0 Å². The number of hydrogen-bond donors (Lipinski definition) is 2. The highest BCUT2D eigenvalue weighted by Crippen LogP contribution is 2.42. The second-order valence-electron chi connectivity index (χ2n) is 8.57. The lowest BCUT2D eigenvalue weighted by molar-refractivity contribution is -0.144. The molecular formula is C21H34O4. The third-order valence-corrected chi connectivity index (χ3v) is 4.30. The first-order chi connectivity index (χ1) is 11.5. The molecule has 0 aliphatic heterocycles. The molecule has 1 aromatic carbocycles. The molecule has 25 heavy (non-hydrogen) atoms. The molecule has 0 aliphatic carbocycles. The molecule has 0 aromatic heterocycles. The van der Waals surface area contributed by atoms with Crippen LogP contribution in [0, 0.1) is 5.41 Å². The molecule has 4 heteroatoms. The van der Waals surface area contributed by atoms with E-state index in [1.54, 1.807) is 0 Å². The molecule has 0 fully saturated rings. The summed E-state index contributed by atoms with van der Waals surface area (Å²) in [6, 6.07) is 4.00. The maximum Gasteiger partial charge on any atom is 0.306 e. The van der Waals surface area contributed by atoms with Crippen molar-refractivity contribution in [2.24, 2.45) is 5.41 Å². The molecular weight excluding hydrogens is 316 g/mol. The summed E-state index contributed by atoms with van der Waals surface area (Å²) < 4.78 is 4.92. The van der Waals surface area contributed by atoms with Gasteiger partial charge in [-0.1, -0.05) is 53.7 Å². The molecule has 0 unspecified atom stereocenters. The topological polar surface area (TPSA) is 66.8 Å². The van der Waals surface area contributed by atoms with Crippen molar-refractivity contribution >= 4 is 5.97 Å². The summed E-state index contributed by atoms with van der Waals surface area (Å²) in [5.74, 6) is 0.0685. The molecule has 142 valence electrons. The van der Waals surface area contributed by atoms with Crippen LogP contribution in [0.5, 0.6) is 5.75 Å². The first kappa shape index (κ1) is 21.5. The standard InChI is InChI=1S/C21H34O4/c1-7-16-12-15(8-9-18(23)25-11-10-22)13-17(19(16)24)21(5,6)14-20(2,3)4/h12-13,22,24H,7-11,14H2,1-6H3. The van der Waals surface area contributed by atoms with E-state index in [1.807, 2.05) is 19.1 Å². The predicted molar refractivity (Wildman–Crippen MR) is 101 cm³/mol. The Morgan fingerprint density at radius 1 is 1.16 bits per heavy atom. The number of aliphatic hydroxyl groups excluding tert-OH is 1. The lowest BCUT2D eigenvalue weighted by atomic mass is 9.71. The average Bonchev–Trinajstić information content (AvgIpc) is 2.49. The van der Waals surface area contributed by atoms with Crippen LogP contribution >= 0.6 is 0 Å². The molecule has 1 rings (SSSR count). The zero-order chi connectivity index (χ0) is 19.3. The number of rotatable bonds is 8. The smallest absolute Gasteiger partial charge is 0.306 e. The van der Waals surface area contributed by atoms with Gasteiger partial charge >= 0.3 is 5.97 Å². The van der Waals surface area contributed by atoms with Gasteiger partial charge in [-0.3, -0.25) is 4.79 Å². The van der Waals surface area contributed by atoms with Crippen LogP contribution in [-0.4, -0.2) is 29.4 Å². The van der Waals surface area contributed by atoms with Crippen LogP contribution in [-0.2, 0) is 27.8 Å². The molecule has 0 radical (unpaired) electrons. The number of carbonyl (C=O) groups excluding carboxylic acids is 1. The number of ether oxygens (including phenoxy) is 1. The highest BCUT2D eigenvalue weighted by atomic mass is 16.5. The molecule has 2 N–H and O–H groups in total. The third-order valence-electron chi connectivity index (χ3n) is 4.30. The van der Waals surface area contributed by atoms with E-state index < -0.39 is 0 Å². The maximum atomic E-state index is 11.7. The Bertz CT molecular complexity index is 582. The highest BCUT2D eigenvalue weighted by molar-refractivity contribution is 5.69. The molecule has 0 amide bonds. The number of benzene rings is 1. The summed E-state index contributed by atoms with van der Waals surface area (Å²) in [4.78, 5) is 11.7. The quantitative estimate of drug-likeness (QED) is 0.692. The summed E-state index contributed by atoms with van der Waals surface area (Å²) in [7, 11) is 0. The number of aryl methyl sites for hydroxylation is 2. The molecule has 0 spiro atoms. The Kier molecular flexibility index (Phi) is 7.48. The number of phenolic OH excluding ortho intramolecular Hbond substituents is 1. The summed E-state index contributed by atoms with van der Waals surface area (Å²) >= 11 is 0. The largest absolute Gasteiger partial charge is 0.507 e. The number of esters is 1. The van der Waals surface area contributed by atoms with E-state index in [0.717, 1.165) is 29.5 Å². The van der Waals surface area contributed by atoms with Gasteiger partial charge < -0.3 is 14.9 Å². The van der Waals surface area contributed by atoms with Crippen molar-refractivity contribution in [3.05, 3.63) is 28.8 Å². The van der Waals surface area contributed by atoms with Crippen LogP contribution in [0.3, 0.4) is 0 Å². The first-order valence-corrected chi connectivity index (χ1v) is 9.12. The van der Waals surface area contributed by atoms with Gasteiger partial charge in [-0.15, -0.1) is 0 Å². The summed E-state index contributed by atoms with van der Waals surface area (Å²) in [5, 5.41) is 19.4. The zero-order valence-corrected chi connectivity index (χ0v) is 16.6. The highest BCUT2D eigenvalue weighted by Gasteiger charge is 2.30. The molecule has 0 bridgehead atoms. The maximum absolute atomic E-state index is 11.7. The van der Waals surface area contributed by atoms with Gasteiger partial charge in [-0.05, 0) is 41.2 Å². The van der Waals surface area contributed by atoms with Crippen molar-refractivity contribution in [2.75, 3.05) is 13.2 Å². The second-order valence-corrected chi connectivity index (χ2v) is 8.57. The van der Waals surface area contributed by atoms with E-state index in [9.17, 15) is 9.90 Å². The summed E-state index contributed by atoms with van der Waals surface area (Å²) in [6.45, 7) is 12.8. The van der Waals surface area contributed by atoms with E-state index in [1.165, 1.54) is 0 Å². The molecule has 0 saturated carbocycles. The van der Waals surface area contributed by atoms with Crippen LogP contribution in [0.4, 0.5) is 0 Å². The van der Waals surface area contributed by atoms with E-state index >= 15 is 0 Å². The average molecular weight is 350 g/mol. The van der Waals surface area contributed by atoms with Crippen LogP contribution in [0.25, 0.3) is 0 Å². The van der Waals surface area contributed by atoms with Crippen molar-refractivity contribution < 1.29 is 19.7 Å². The Morgan fingerprint density at radius 2 is 1.80 bits per heavy atom. The van der Waals surface area contributed by atoms with E-state index in [2.05, 4.69) is 34.6 Å². The van der Waals surface area contributed by atoms with Crippen molar-refractivity contribution in [1.29, 1.82) is 0 Å². The van der Waals surface area contributed by atoms with E-state index in [4.69, 9.17) is 9.84 Å². The van der Waals surface area contributed by atoms with Gasteiger partial charge in [0.1, 0.15) is 12.4 Å². The van der Waals surface area contributed by atoms with Crippen molar-refractivity contribution in [1.82, 2.24) is 0 Å². The fourth-order valence-corrected chi connectivity index (χ4v) is 3.59. The Labute approximate surface area is 152 Å². The molecule has 0 heterocycles. The fourth-order valence-electron chi connectivity index (χ4n) is 3.59. The number of aromatic hydroxyl groups is 1. The first-order valence-electron chi connectivity index (χ1n) is 9.12. The normalized spacial score (nSPS) is 12.3. The van der Waals surface area contributed by atoms with E-state index in [0.29, 0.717) is 12.2 Å². The number of hydrogen-bond acceptors (Lipinski definition) is 4. The molecule has 0 aliphatic rings. The Balaban J connectivity index is 3.08. The molecule has 4 nitrogen and oxygen atoms in total. The SMILES string of the molecule is CCc1cc(CCC(=O)OCCO)cc(C(C)(C)CC(C)(C)C)c1O. The molecule has 0 saturated heterocycles. The summed E-state index contributed by atoms with van der Waals surface area (Å²) in [6.07, 6.45) is 2.52. The van der Waals surface area contributed by atoms with Crippen molar-refractivity contribution in [3.8, 4) is 5.75 Å². The monoisotopic (exact) mass is 350 g/mol. The van der Waals surface area contributed by atoms with Gasteiger partial charge in [-0.2, -0.15) is 0 Å². The molecule has 0 atom stereocenters. The minimum Gasteiger partial charge on any atom is -0.507 e. The Morgan fingerprint density at radius 3 is 2.32 bits per heavy atom. The van der Waals surface area contributed by atoms with Crippen LogP contribution in [0.2, 0.25) is 0 Å². The van der Waals surface area contributed by atoms with Crippen LogP contribution in [0.1, 0.15) is 71.1 Å². The van der Waals surface area contributed by atoms with Gasteiger partial charge in [0.05, 0.1) is 6.61 Å². The third kappa shape index (κ3) is 6.69. The lowest BCUT2D eigenvalue weighted by Crippen LogP contribution is -2.25.